The van der Waals surface area contributed by atoms with Crippen LogP contribution in [-0.2, 0) is 4.79 Å². The number of carboxylic acid groups (broad SMARTS) is 1. The summed E-state index contributed by atoms with van der Waals surface area (Å²) in [5.74, 6) is 11.3. The van der Waals surface area contributed by atoms with E-state index in [-0.39, 0.29) is 5.41 Å². The molecule has 8 rings (SSSR count). The zero-order valence-electron chi connectivity index (χ0n) is 15.2. The van der Waals surface area contributed by atoms with Gasteiger partial charge in [0.25, 0.3) is 0 Å². The summed E-state index contributed by atoms with van der Waals surface area (Å²) in [6.07, 6.45) is 14.8. The highest BCUT2D eigenvalue weighted by Crippen LogP contribution is 2.66. The predicted octanol–water partition coefficient (Wildman–Crippen LogP) is 4.88. The smallest absolute Gasteiger partial charge is 0.309 e. The van der Waals surface area contributed by atoms with Gasteiger partial charge in [-0.15, -0.1) is 0 Å². The predicted molar refractivity (Wildman–Crippen MR) is 95.6 cm³/mol. The highest BCUT2D eigenvalue weighted by Gasteiger charge is 2.60. The summed E-state index contributed by atoms with van der Waals surface area (Å²) in [7, 11) is 0. The van der Waals surface area contributed by atoms with Gasteiger partial charge in [-0.05, 0) is 107 Å². The fourth-order valence-corrected chi connectivity index (χ4v) is 9.19. The molecule has 134 valence electrons. The molecule has 0 radical (unpaired) electrons. The fraction of sp³-hybridized carbons (Fsp3) is 0.870. The molecular formula is C23H30O2. The lowest BCUT2D eigenvalue weighted by Crippen LogP contribution is -2.54. The van der Waals surface area contributed by atoms with Crippen LogP contribution in [-0.4, -0.2) is 11.1 Å². The number of aliphatic carboxylic acids is 1. The van der Waals surface area contributed by atoms with Crippen molar-refractivity contribution in [1.29, 1.82) is 0 Å². The first-order valence-corrected chi connectivity index (χ1v) is 10.7. The zero-order chi connectivity index (χ0) is 16.9. The van der Waals surface area contributed by atoms with Gasteiger partial charge in [0.1, 0.15) is 0 Å². The number of rotatable bonds is 1. The minimum absolute atomic E-state index is 0.0474. The SMILES string of the molecule is O=C(O)C12CC3CC(CC(C#CC45CC6CC(CC(C6)C4)C5)(C3)C1)C2. The first-order valence-electron chi connectivity index (χ1n) is 10.7. The molecule has 2 atom stereocenters. The third kappa shape index (κ3) is 2.14. The average Bonchev–Trinajstić information content (AvgIpc) is 2.51. The molecule has 25 heavy (non-hydrogen) atoms. The molecule has 8 aliphatic carbocycles. The Bertz CT molecular complexity index is 643. The quantitative estimate of drug-likeness (QED) is 0.692. The Labute approximate surface area is 151 Å². The first-order chi connectivity index (χ1) is 12.0. The standard InChI is InChI=1S/C23H30O2/c24-20(25)23-12-18-6-19(13-23)11-22(10-18,14-23)2-1-21-7-15-3-16(8-21)5-17(4-15)9-21/h15-19H,3-14H2,(H,24,25). The number of carbonyl (C=O) groups is 1. The molecule has 2 heteroatoms. The Hall–Kier alpha value is -0.970. The second-order valence-electron chi connectivity index (χ2n) is 11.3. The van der Waals surface area contributed by atoms with Gasteiger partial charge in [-0.1, -0.05) is 11.8 Å². The van der Waals surface area contributed by atoms with Crippen molar-refractivity contribution >= 4 is 5.97 Å². The molecule has 0 aromatic rings. The van der Waals surface area contributed by atoms with Gasteiger partial charge in [0, 0.05) is 10.8 Å². The van der Waals surface area contributed by atoms with Gasteiger partial charge >= 0.3 is 5.97 Å². The lowest BCUT2D eigenvalue weighted by atomic mass is 9.44. The van der Waals surface area contributed by atoms with Crippen LogP contribution in [0.25, 0.3) is 0 Å². The molecule has 8 bridgehead atoms. The van der Waals surface area contributed by atoms with Crippen molar-refractivity contribution in [3.63, 3.8) is 0 Å². The maximum Gasteiger partial charge on any atom is 0.309 e. The number of hydrogen-bond acceptors (Lipinski definition) is 1. The van der Waals surface area contributed by atoms with Gasteiger partial charge in [-0.25, -0.2) is 0 Å². The van der Waals surface area contributed by atoms with Gasteiger partial charge in [0.2, 0.25) is 0 Å². The molecule has 8 saturated carbocycles. The van der Waals surface area contributed by atoms with Crippen LogP contribution in [0.2, 0.25) is 0 Å². The minimum atomic E-state index is -0.525. The maximum atomic E-state index is 12.1. The molecule has 2 nitrogen and oxygen atoms in total. The monoisotopic (exact) mass is 338 g/mol. The van der Waals surface area contributed by atoms with E-state index >= 15 is 0 Å². The van der Waals surface area contributed by atoms with Crippen molar-refractivity contribution in [2.24, 2.45) is 45.8 Å². The van der Waals surface area contributed by atoms with Crippen LogP contribution in [0.15, 0.2) is 0 Å². The lowest BCUT2D eigenvalue weighted by Gasteiger charge is -2.59. The van der Waals surface area contributed by atoms with Gasteiger partial charge in [0.05, 0.1) is 5.41 Å². The minimum Gasteiger partial charge on any atom is -0.481 e. The van der Waals surface area contributed by atoms with E-state index in [0.29, 0.717) is 17.3 Å². The van der Waals surface area contributed by atoms with E-state index < -0.39 is 11.4 Å². The van der Waals surface area contributed by atoms with Gasteiger partial charge < -0.3 is 5.11 Å². The molecule has 0 aliphatic heterocycles. The Balaban J connectivity index is 1.34. The second-order valence-corrected chi connectivity index (χ2v) is 11.3. The van der Waals surface area contributed by atoms with Gasteiger partial charge in [-0.2, -0.15) is 0 Å². The highest BCUT2D eigenvalue weighted by molar-refractivity contribution is 5.75. The summed E-state index contributed by atoms with van der Waals surface area (Å²) < 4.78 is 0. The van der Waals surface area contributed by atoms with Crippen molar-refractivity contribution < 1.29 is 9.90 Å². The summed E-state index contributed by atoms with van der Waals surface area (Å²) in [4.78, 5) is 12.1. The molecule has 0 saturated heterocycles. The molecule has 0 aromatic carbocycles. The largest absolute Gasteiger partial charge is 0.481 e. The molecule has 2 unspecified atom stereocenters. The van der Waals surface area contributed by atoms with Crippen LogP contribution in [0.3, 0.4) is 0 Å². The van der Waals surface area contributed by atoms with Crippen LogP contribution >= 0.6 is 0 Å². The Morgan fingerprint density at radius 2 is 1.12 bits per heavy atom. The average molecular weight is 338 g/mol. The lowest BCUT2D eigenvalue weighted by molar-refractivity contribution is -0.169. The Morgan fingerprint density at radius 3 is 1.64 bits per heavy atom. The molecule has 0 aromatic heterocycles. The van der Waals surface area contributed by atoms with E-state index in [9.17, 15) is 9.90 Å². The van der Waals surface area contributed by atoms with E-state index in [1.54, 1.807) is 0 Å². The fourth-order valence-electron chi connectivity index (χ4n) is 9.19. The van der Waals surface area contributed by atoms with Gasteiger partial charge in [-0.3, -0.25) is 4.79 Å². The second kappa shape index (κ2) is 4.65. The summed E-state index contributed by atoms with van der Waals surface area (Å²) in [6.45, 7) is 0. The number of carboxylic acids is 1. The summed E-state index contributed by atoms with van der Waals surface area (Å²) >= 11 is 0. The van der Waals surface area contributed by atoms with E-state index in [0.717, 1.165) is 37.0 Å². The van der Waals surface area contributed by atoms with Crippen molar-refractivity contribution in [3.8, 4) is 11.8 Å². The van der Waals surface area contributed by atoms with Crippen LogP contribution in [0.1, 0.15) is 77.0 Å². The summed E-state index contributed by atoms with van der Waals surface area (Å²) in [5.41, 5.74) is -0.0689. The molecule has 1 N–H and O–H groups in total. The normalized spacial score (nSPS) is 57.4. The van der Waals surface area contributed by atoms with E-state index in [2.05, 4.69) is 11.8 Å². The van der Waals surface area contributed by atoms with Gasteiger partial charge in [0.15, 0.2) is 0 Å². The molecule has 0 spiro atoms. The summed E-state index contributed by atoms with van der Waals surface area (Å²) in [6, 6.07) is 0. The molecule has 0 amide bonds. The third-order valence-corrected chi connectivity index (χ3v) is 9.15. The molecule has 0 heterocycles. The Kier molecular flexibility index (Phi) is 2.81. The van der Waals surface area contributed by atoms with Crippen LogP contribution in [0, 0.1) is 57.7 Å². The third-order valence-electron chi connectivity index (χ3n) is 9.15. The molecule has 8 aliphatic rings. The van der Waals surface area contributed by atoms with E-state index in [1.807, 2.05) is 0 Å². The van der Waals surface area contributed by atoms with E-state index in [1.165, 1.54) is 57.8 Å². The maximum absolute atomic E-state index is 12.1. The van der Waals surface area contributed by atoms with E-state index in [4.69, 9.17) is 0 Å². The Morgan fingerprint density at radius 1 is 0.680 bits per heavy atom. The first kappa shape index (κ1) is 15.1. The highest BCUT2D eigenvalue weighted by atomic mass is 16.4. The molecular weight excluding hydrogens is 308 g/mol. The molecule has 8 fully saturated rings. The van der Waals surface area contributed by atoms with Crippen LogP contribution in [0.5, 0.6) is 0 Å². The van der Waals surface area contributed by atoms with Crippen molar-refractivity contribution in [3.05, 3.63) is 0 Å². The zero-order valence-corrected chi connectivity index (χ0v) is 15.2. The topological polar surface area (TPSA) is 37.3 Å². The summed E-state index contributed by atoms with van der Waals surface area (Å²) in [5, 5.41) is 9.94. The van der Waals surface area contributed by atoms with Crippen molar-refractivity contribution in [1.82, 2.24) is 0 Å². The van der Waals surface area contributed by atoms with Crippen molar-refractivity contribution in [2.45, 2.75) is 77.0 Å². The number of hydrogen-bond donors (Lipinski definition) is 1. The van der Waals surface area contributed by atoms with Crippen molar-refractivity contribution in [2.75, 3.05) is 0 Å². The van der Waals surface area contributed by atoms with Crippen LogP contribution < -0.4 is 0 Å². The van der Waals surface area contributed by atoms with Crippen LogP contribution in [0.4, 0.5) is 0 Å².